The van der Waals surface area contributed by atoms with Crippen molar-refractivity contribution in [3.05, 3.63) is 101 Å². The number of carbonyl (C=O) groups is 1. The lowest BCUT2D eigenvalue weighted by atomic mass is 10.1. The first kappa shape index (κ1) is 17.6. The maximum atomic E-state index is 12.6. The summed E-state index contributed by atoms with van der Waals surface area (Å²) in [5, 5.41) is 4.15. The second kappa shape index (κ2) is 7.53. The molecule has 2 aromatic heterocycles. The quantitative estimate of drug-likeness (QED) is 0.441. The lowest BCUT2D eigenvalue weighted by Crippen LogP contribution is -2.21. The van der Waals surface area contributed by atoms with Crippen molar-refractivity contribution < 1.29 is 4.79 Å². The van der Waals surface area contributed by atoms with Crippen LogP contribution in [0, 0.1) is 0 Å². The van der Waals surface area contributed by atoms with Crippen LogP contribution in [0.5, 0.6) is 0 Å². The zero-order valence-electron chi connectivity index (χ0n) is 15.7. The number of hydrogen-bond donors (Lipinski definition) is 1. The van der Waals surface area contributed by atoms with E-state index in [9.17, 15) is 4.79 Å². The fourth-order valence-electron chi connectivity index (χ4n) is 3.53. The van der Waals surface area contributed by atoms with Gasteiger partial charge in [-0.1, -0.05) is 54.6 Å². The first-order valence-corrected chi connectivity index (χ1v) is 10.3. The first-order valence-electron chi connectivity index (χ1n) is 9.51. The predicted octanol–water partition coefficient (Wildman–Crippen LogP) is 5.23. The Kier molecular flexibility index (Phi) is 4.58. The largest absolute Gasteiger partial charge is 0.347 e. The van der Waals surface area contributed by atoms with Crippen molar-refractivity contribution in [3.63, 3.8) is 0 Å². The summed E-state index contributed by atoms with van der Waals surface area (Å²) in [5.74, 6) is -0.0304. The molecule has 0 aliphatic heterocycles. The van der Waals surface area contributed by atoms with E-state index in [1.165, 1.54) is 16.9 Å². The molecule has 1 amide bonds. The molecule has 0 aliphatic rings. The Morgan fingerprint density at radius 2 is 1.76 bits per heavy atom. The minimum atomic E-state index is -0.0304. The molecule has 0 aliphatic carbocycles. The van der Waals surface area contributed by atoms with Gasteiger partial charge in [0.25, 0.3) is 5.91 Å². The molecule has 4 nitrogen and oxygen atoms in total. The number of nitrogens with one attached hydrogen (secondary N) is 1. The van der Waals surface area contributed by atoms with E-state index in [-0.39, 0.29) is 5.91 Å². The standard InChI is InChI=1S/C24H19N3OS/c28-24(23-13-19-8-1-4-11-22(19)29-23)25-14-17-6-5-7-18(12-17)15-27-16-26-20-9-2-3-10-21(20)27/h1-13,16H,14-15H2,(H,25,28). The van der Waals surface area contributed by atoms with Crippen LogP contribution in [0.4, 0.5) is 0 Å². The van der Waals surface area contributed by atoms with Gasteiger partial charge >= 0.3 is 0 Å². The van der Waals surface area contributed by atoms with Crippen molar-refractivity contribution in [2.45, 2.75) is 13.1 Å². The summed E-state index contributed by atoms with van der Waals surface area (Å²) in [7, 11) is 0. The van der Waals surface area contributed by atoms with E-state index in [1.807, 2.05) is 67.0 Å². The van der Waals surface area contributed by atoms with Gasteiger partial charge in [-0.3, -0.25) is 4.79 Å². The molecule has 2 heterocycles. The highest BCUT2D eigenvalue weighted by molar-refractivity contribution is 7.20. The Bertz CT molecular complexity index is 1280. The van der Waals surface area contributed by atoms with Crippen molar-refractivity contribution >= 4 is 38.4 Å². The summed E-state index contributed by atoms with van der Waals surface area (Å²) in [6, 6.07) is 26.5. The van der Waals surface area contributed by atoms with Gasteiger partial charge in [-0.25, -0.2) is 4.98 Å². The van der Waals surface area contributed by atoms with E-state index < -0.39 is 0 Å². The topological polar surface area (TPSA) is 46.9 Å². The summed E-state index contributed by atoms with van der Waals surface area (Å²) < 4.78 is 3.27. The van der Waals surface area contributed by atoms with Gasteiger partial charge in [0, 0.05) is 17.8 Å². The van der Waals surface area contributed by atoms with Crippen molar-refractivity contribution in [2.24, 2.45) is 0 Å². The minimum absolute atomic E-state index is 0.0304. The Morgan fingerprint density at radius 3 is 2.69 bits per heavy atom. The molecule has 29 heavy (non-hydrogen) atoms. The maximum absolute atomic E-state index is 12.6. The van der Waals surface area contributed by atoms with Crippen molar-refractivity contribution in [1.82, 2.24) is 14.9 Å². The monoisotopic (exact) mass is 397 g/mol. The number of hydrogen-bond acceptors (Lipinski definition) is 3. The van der Waals surface area contributed by atoms with Crippen LogP contribution in [0.1, 0.15) is 20.8 Å². The molecule has 0 saturated heterocycles. The van der Waals surface area contributed by atoms with Gasteiger partial charge in [0.1, 0.15) is 0 Å². The molecule has 0 bridgehead atoms. The van der Waals surface area contributed by atoms with Crippen LogP contribution < -0.4 is 5.32 Å². The minimum Gasteiger partial charge on any atom is -0.347 e. The molecule has 5 aromatic rings. The van der Waals surface area contributed by atoms with E-state index >= 15 is 0 Å². The highest BCUT2D eigenvalue weighted by Gasteiger charge is 2.10. The zero-order valence-corrected chi connectivity index (χ0v) is 16.5. The molecule has 142 valence electrons. The van der Waals surface area contributed by atoms with Gasteiger partial charge in [-0.15, -0.1) is 11.3 Å². The van der Waals surface area contributed by atoms with Crippen LogP contribution in [0.15, 0.2) is 85.2 Å². The number of para-hydroxylation sites is 2. The number of fused-ring (bicyclic) bond motifs is 2. The third-order valence-electron chi connectivity index (χ3n) is 4.97. The third-order valence-corrected chi connectivity index (χ3v) is 6.09. The van der Waals surface area contributed by atoms with Crippen LogP contribution in [-0.4, -0.2) is 15.5 Å². The molecule has 0 saturated carbocycles. The fourth-order valence-corrected chi connectivity index (χ4v) is 4.51. The van der Waals surface area contributed by atoms with Crippen LogP contribution >= 0.6 is 11.3 Å². The van der Waals surface area contributed by atoms with Gasteiger partial charge in [0.15, 0.2) is 0 Å². The highest BCUT2D eigenvalue weighted by atomic mass is 32.1. The normalized spacial score (nSPS) is 11.2. The zero-order chi connectivity index (χ0) is 19.6. The van der Waals surface area contributed by atoms with Gasteiger partial charge in [0.05, 0.1) is 22.2 Å². The summed E-state index contributed by atoms with van der Waals surface area (Å²) in [6.07, 6.45) is 1.88. The van der Waals surface area contributed by atoms with E-state index in [1.54, 1.807) is 0 Å². The maximum Gasteiger partial charge on any atom is 0.261 e. The number of thiophene rings is 1. The van der Waals surface area contributed by atoms with E-state index in [4.69, 9.17) is 0 Å². The van der Waals surface area contributed by atoms with Crippen LogP contribution in [-0.2, 0) is 13.1 Å². The third kappa shape index (κ3) is 3.65. The van der Waals surface area contributed by atoms with Crippen LogP contribution in [0.25, 0.3) is 21.1 Å². The summed E-state index contributed by atoms with van der Waals surface area (Å²) in [6.45, 7) is 1.25. The number of benzene rings is 3. The predicted molar refractivity (Wildman–Crippen MR) is 118 cm³/mol. The second-order valence-corrected chi connectivity index (χ2v) is 8.10. The summed E-state index contributed by atoms with van der Waals surface area (Å²) in [4.78, 5) is 17.8. The van der Waals surface area contributed by atoms with Gasteiger partial charge < -0.3 is 9.88 Å². The van der Waals surface area contributed by atoms with Gasteiger partial charge in [-0.05, 0) is 40.8 Å². The average Bonchev–Trinajstić information content (AvgIpc) is 3.37. The summed E-state index contributed by atoms with van der Waals surface area (Å²) in [5.41, 5.74) is 4.39. The fraction of sp³-hybridized carbons (Fsp3) is 0.0833. The van der Waals surface area contributed by atoms with Crippen LogP contribution in [0.3, 0.4) is 0 Å². The number of amides is 1. The molecule has 0 atom stereocenters. The smallest absolute Gasteiger partial charge is 0.261 e. The molecule has 5 rings (SSSR count). The second-order valence-electron chi connectivity index (χ2n) is 7.01. The molecule has 0 unspecified atom stereocenters. The van der Waals surface area contributed by atoms with E-state index in [2.05, 4.69) is 33.1 Å². The van der Waals surface area contributed by atoms with Gasteiger partial charge in [0.2, 0.25) is 0 Å². The van der Waals surface area contributed by atoms with Crippen molar-refractivity contribution in [3.8, 4) is 0 Å². The lowest BCUT2D eigenvalue weighted by molar-refractivity contribution is 0.0955. The SMILES string of the molecule is O=C(NCc1cccc(Cn2cnc3ccccc32)c1)c1cc2ccccc2s1. The molecule has 3 aromatic carbocycles. The first-order chi connectivity index (χ1) is 14.3. The number of carbonyl (C=O) groups excluding carboxylic acids is 1. The molecular weight excluding hydrogens is 378 g/mol. The van der Waals surface area contributed by atoms with Gasteiger partial charge in [-0.2, -0.15) is 0 Å². The average molecular weight is 398 g/mol. The number of nitrogens with zero attached hydrogens (tertiary/aromatic N) is 2. The highest BCUT2D eigenvalue weighted by Crippen LogP contribution is 2.25. The Balaban J connectivity index is 1.29. The summed E-state index contributed by atoms with van der Waals surface area (Å²) >= 11 is 1.53. The van der Waals surface area contributed by atoms with Crippen molar-refractivity contribution in [2.75, 3.05) is 0 Å². The molecule has 0 radical (unpaired) electrons. The van der Waals surface area contributed by atoms with Crippen molar-refractivity contribution in [1.29, 1.82) is 0 Å². The Morgan fingerprint density at radius 1 is 0.931 bits per heavy atom. The number of imidazole rings is 1. The number of rotatable bonds is 5. The molecular formula is C24H19N3OS. The molecule has 5 heteroatoms. The number of aromatic nitrogens is 2. The Hall–Kier alpha value is -3.44. The Labute approximate surface area is 172 Å². The van der Waals surface area contributed by atoms with E-state index in [0.717, 1.165) is 38.1 Å². The molecule has 1 N–H and O–H groups in total. The molecule has 0 fully saturated rings. The van der Waals surface area contributed by atoms with Crippen LogP contribution in [0.2, 0.25) is 0 Å². The van der Waals surface area contributed by atoms with E-state index in [0.29, 0.717) is 6.54 Å². The molecule has 0 spiro atoms. The lowest BCUT2D eigenvalue weighted by Gasteiger charge is -2.08.